The van der Waals surface area contributed by atoms with Crippen molar-refractivity contribution in [1.29, 1.82) is 0 Å². The lowest BCUT2D eigenvalue weighted by molar-refractivity contribution is -0.163. The maximum atomic E-state index is 11.2. The Balaban J connectivity index is 4.13. The maximum absolute atomic E-state index is 11.2. The molecule has 5 nitrogen and oxygen atoms in total. The number of hydrogen-bond acceptors (Lipinski definition) is 5. The number of ether oxygens (including phenoxy) is 1. The van der Waals surface area contributed by atoms with Gasteiger partial charge >= 0.3 is 11.9 Å². The fourth-order valence-electron chi connectivity index (χ4n) is 0.727. The lowest BCUT2D eigenvalue weighted by Crippen LogP contribution is -2.46. The van der Waals surface area contributed by atoms with Crippen LogP contribution in [0.2, 0.25) is 0 Å². The minimum absolute atomic E-state index is 0.497. The van der Waals surface area contributed by atoms with Crippen LogP contribution in [0, 0.1) is 0 Å². The van der Waals surface area contributed by atoms with Crippen molar-refractivity contribution < 1.29 is 14.3 Å². The Morgan fingerprint density at radius 2 is 1.93 bits per heavy atom. The smallest absolute Gasteiger partial charge is 0.333 e. The summed E-state index contributed by atoms with van der Waals surface area (Å²) in [5, 5.41) is 0. The zero-order chi connectivity index (χ0) is 11.4. The molecule has 0 aliphatic carbocycles. The van der Waals surface area contributed by atoms with E-state index in [1.54, 1.807) is 0 Å². The predicted molar refractivity (Wildman–Crippen MR) is 52.2 cm³/mol. The zero-order valence-corrected chi connectivity index (χ0v) is 8.87. The Morgan fingerprint density at radius 3 is 2.29 bits per heavy atom. The lowest BCUT2D eigenvalue weighted by atomic mass is 10.1. The molecule has 0 saturated heterocycles. The third-order valence-electron chi connectivity index (χ3n) is 1.62. The van der Waals surface area contributed by atoms with E-state index in [0.29, 0.717) is 6.42 Å². The third kappa shape index (κ3) is 4.34. The largest absolute Gasteiger partial charge is 0.391 e. The second-order valence-electron chi connectivity index (χ2n) is 3.83. The summed E-state index contributed by atoms with van der Waals surface area (Å²) in [6, 6.07) is -0.744. The molecule has 0 unspecified atom stereocenters. The molecule has 0 aromatic heterocycles. The molecule has 0 aliphatic rings. The van der Waals surface area contributed by atoms with Gasteiger partial charge in [-0.1, -0.05) is 13.3 Å². The van der Waals surface area contributed by atoms with Crippen LogP contribution < -0.4 is 11.5 Å². The van der Waals surface area contributed by atoms with Gasteiger partial charge in [0.05, 0.1) is 0 Å². The van der Waals surface area contributed by atoms with E-state index >= 15 is 0 Å². The normalized spacial score (nSPS) is 13.5. The van der Waals surface area contributed by atoms with Gasteiger partial charge in [-0.15, -0.1) is 0 Å². The molecule has 0 rings (SSSR count). The second-order valence-corrected chi connectivity index (χ2v) is 3.83. The van der Waals surface area contributed by atoms with Crippen LogP contribution in [0.4, 0.5) is 0 Å². The first-order valence-electron chi connectivity index (χ1n) is 4.59. The van der Waals surface area contributed by atoms with Crippen LogP contribution in [0.3, 0.4) is 0 Å². The highest BCUT2D eigenvalue weighted by Gasteiger charge is 2.28. The van der Waals surface area contributed by atoms with E-state index in [4.69, 9.17) is 11.5 Å². The van der Waals surface area contributed by atoms with Crippen molar-refractivity contribution in [3.05, 3.63) is 0 Å². The Kier molecular flexibility index (Phi) is 4.73. The maximum Gasteiger partial charge on any atom is 0.333 e. The summed E-state index contributed by atoms with van der Waals surface area (Å²) < 4.78 is 4.50. The Bertz CT molecular complexity index is 221. The van der Waals surface area contributed by atoms with Gasteiger partial charge in [-0.25, -0.2) is 9.59 Å². The van der Waals surface area contributed by atoms with Crippen LogP contribution >= 0.6 is 0 Å². The van der Waals surface area contributed by atoms with Gasteiger partial charge in [0.25, 0.3) is 0 Å². The molecular formula is C9H18N2O3. The fourth-order valence-corrected chi connectivity index (χ4v) is 0.727. The summed E-state index contributed by atoms with van der Waals surface area (Å²) in [5.41, 5.74) is 9.72. The van der Waals surface area contributed by atoms with Crippen LogP contribution in [0.15, 0.2) is 0 Å². The molecule has 0 radical (unpaired) electrons. The number of nitrogens with two attached hydrogens (primary N) is 2. The molecular weight excluding hydrogens is 184 g/mol. The van der Waals surface area contributed by atoms with Crippen molar-refractivity contribution in [2.45, 2.75) is 45.2 Å². The van der Waals surface area contributed by atoms with Crippen LogP contribution in [0.1, 0.15) is 33.6 Å². The highest BCUT2D eigenvalue weighted by molar-refractivity contribution is 5.92. The predicted octanol–water partition coefficient (Wildman–Crippen LogP) is -0.0791. The van der Waals surface area contributed by atoms with Crippen molar-refractivity contribution in [2.24, 2.45) is 11.5 Å². The Morgan fingerprint density at radius 1 is 1.43 bits per heavy atom. The molecule has 0 aromatic rings. The minimum Gasteiger partial charge on any atom is -0.391 e. The molecule has 0 spiro atoms. The molecule has 0 fully saturated rings. The van der Waals surface area contributed by atoms with E-state index in [-0.39, 0.29) is 0 Å². The summed E-state index contributed by atoms with van der Waals surface area (Å²) in [6.45, 7) is 4.82. The molecule has 1 atom stereocenters. The zero-order valence-electron chi connectivity index (χ0n) is 8.87. The monoisotopic (exact) mass is 202 g/mol. The van der Waals surface area contributed by atoms with Gasteiger partial charge in [-0.3, -0.25) is 0 Å². The first kappa shape index (κ1) is 13.1. The van der Waals surface area contributed by atoms with Gasteiger partial charge in [0.15, 0.2) is 0 Å². The SMILES string of the molecule is CCC[C@H](N)C(=O)OC(=O)C(C)(C)N. The standard InChI is InChI=1S/C9H18N2O3/c1-4-5-6(10)7(12)14-8(13)9(2,3)11/h6H,4-5,10-11H2,1-3H3/t6-/m0/s1. The first-order valence-corrected chi connectivity index (χ1v) is 4.59. The third-order valence-corrected chi connectivity index (χ3v) is 1.62. The molecule has 0 aliphatic heterocycles. The van der Waals surface area contributed by atoms with Gasteiger partial charge in [-0.05, 0) is 20.3 Å². The summed E-state index contributed by atoms with van der Waals surface area (Å²) in [6.07, 6.45) is 1.26. The van der Waals surface area contributed by atoms with E-state index in [2.05, 4.69) is 4.74 Å². The van der Waals surface area contributed by atoms with E-state index in [0.717, 1.165) is 6.42 Å². The molecule has 0 saturated carbocycles. The van der Waals surface area contributed by atoms with Crippen LogP contribution in [-0.2, 0) is 14.3 Å². The number of carbonyl (C=O) groups excluding carboxylic acids is 2. The fraction of sp³-hybridized carbons (Fsp3) is 0.778. The lowest BCUT2D eigenvalue weighted by Gasteiger charge is -2.17. The number of esters is 2. The van der Waals surface area contributed by atoms with E-state index in [1.807, 2.05) is 6.92 Å². The summed E-state index contributed by atoms with van der Waals surface area (Å²) >= 11 is 0. The Hall–Kier alpha value is -0.940. The average molecular weight is 202 g/mol. The summed E-state index contributed by atoms with van der Waals surface area (Å²) in [5.74, 6) is -1.47. The highest BCUT2D eigenvalue weighted by Crippen LogP contribution is 2.03. The molecule has 0 heterocycles. The van der Waals surface area contributed by atoms with Crippen molar-refractivity contribution in [2.75, 3.05) is 0 Å². The van der Waals surface area contributed by atoms with Gasteiger partial charge in [0.2, 0.25) is 0 Å². The van der Waals surface area contributed by atoms with Crippen molar-refractivity contribution in [3.63, 3.8) is 0 Å². The molecule has 5 heteroatoms. The van der Waals surface area contributed by atoms with Gasteiger partial charge in [0, 0.05) is 0 Å². The number of hydrogen-bond donors (Lipinski definition) is 2. The van der Waals surface area contributed by atoms with Crippen molar-refractivity contribution in [1.82, 2.24) is 0 Å². The van der Waals surface area contributed by atoms with Gasteiger partial charge in [-0.2, -0.15) is 0 Å². The van der Waals surface area contributed by atoms with Gasteiger partial charge in [0.1, 0.15) is 11.6 Å². The van der Waals surface area contributed by atoms with Crippen LogP contribution in [-0.4, -0.2) is 23.5 Å². The molecule has 14 heavy (non-hydrogen) atoms. The van der Waals surface area contributed by atoms with Crippen LogP contribution in [0.5, 0.6) is 0 Å². The molecule has 82 valence electrons. The summed E-state index contributed by atoms with van der Waals surface area (Å²) in [7, 11) is 0. The van der Waals surface area contributed by atoms with Gasteiger partial charge < -0.3 is 16.2 Å². The Labute approximate surface area is 83.8 Å². The average Bonchev–Trinajstić information content (AvgIpc) is 2.02. The highest BCUT2D eigenvalue weighted by atomic mass is 16.6. The topological polar surface area (TPSA) is 95.4 Å². The second kappa shape index (κ2) is 5.07. The molecule has 0 bridgehead atoms. The van der Waals surface area contributed by atoms with Crippen molar-refractivity contribution in [3.8, 4) is 0 Å². The molecule has 0 aromatic carbocycles. The minimum atomic E-state index is -1.17. The number of rotatable bonds is 4. The van der Waals surface area contributed by atoms with E-state index in [1.165, 1.54) is 13.8 Å². The first-order chi connectivity index (χ1) is 6.29. The van der Waals surface area contributed by atoms with Crippen LogP contribution in [0.25, 0.3) is 0 Å². The quantitative estimate of drug-likeness (QED) is 0.491. The number of carbonyl (C=O) groups is 2. The van der Waals surface area contributed by atoms with E-state index < -0.39 is 23.5 Å². The molecule has 0 amide bonds. The van der Waals surface area contributed by atoms with Crippen molar-refractivity contribution >= 4 is 11.9 Å². The van der Waals surface area contributed by atoms with E-state index in [9.17, 15) is 9.59 Å². The summed E-state index contributed by atoms with van der Waals surface area (Å²) in [4.78, 5) is 22.3. The molecule has 4 N–H and O–H groups in total.